The second kappa shape index (κ2) is 6.31. The number of amides is 1. The van der Waals surface area contributed by atoms with E-state index in [1.807, 2.05) is 32.1 Å². The Morgan fingerprint density at radius 1 is 1.38 bits per heavy atom. The minimum absolute atomic E-state index is 0.0753. The van der Waals surface area contributed by atoms with Gasteiger partial charge in [0.15, 0.2) is 5.78 Å². The molecule has 0 aliphatic carbocycles. The molecular weight excluding hydrogens is 290 g/mol. The summed E-state index contributed by atoms with van der Waals surface area (Å²) in [5.41, 5.74) is 3.38. The normalized spacial score (nSPS) is 14.8. The van der Waals surface area contributed by atoms with Crippen LogP contribution in [0.1, 0.15) is 41.3 Å². The number of hydrogen-bond donors (Lipinski definition) is 1. The monoisotopic (exact) mass is 307 g/mol. The van der Waals surface area contributed by atoms with Gasteiger partial charge in [0.2, 0.25) is 0 Å². The van der Waals surface area contributed by atoms with Crippen LogP contribution in [0.15, 0.2) is 18.2 Å². The van der Waals surface area contributed by atoms with Gasteiger partial charge in [-0.3, -0.25) is 4.79 Å². The van der Waals surface area contributed by atoms with Crippen molar-refractivity contribution in [2.75, 3.05) is 13.1 Å². The van der Waals surface area contributed by atoms with Gasteiger partial charge in [-0.1, -0.05) is 24.6 Å². The Morgan fingerprint density at radius 2 is 2.10 bits per heavy atom. The lowest BCUT2D eigenvalue weighted by Gasteiger charge is -2.25. The van der Waals surface area contributed by atoms with Crippen LogP contribution in [0.2, 0.25) is 5.02 Å². The van der Waals surface area contributed by atoms with Crippen molar-refractivity contribution in [2.24, 2.45) is 0 Å². The second-order valence-electron chi connectivity index (χ2n) is 5.13. The average Bonchev–Trinajstić information content (AvgIpc) is 2.48. The number of benzene rings is 1. The van der Waals surface area contributed by atoms with Crippen LogP contribution in [0.5, 0.6) is 0 Å². The Morgan fingerprint density at radius 3 is 2.62 bits per heavy atom. The quantitative estimate of drug-likeness (QED) is 0.858. The highest BCUT2D eigenvalue weighted by Gasteiger charge is 2.20. The molecule has 0 saturated carbocycles. The van der Waals surface area contributed by atoms with Crippen molar-refractivity contribution in [3.05, 3.63) is 39.9 Å². The lowest BCUT2D eigenvalue weighted by atomic mass is 9.91. The van der Waals surface area contributed by atoms with E-state index in [1.165, 1.54) is 4.90 Å². The molecule has 0 unspecified atom stereocenters. The van der Waals surface area contributed by atoms with Gasteiger partial charge in [0.05, 0.1) is 0 Å². The van der Waals surface area contributed by atoms with Gasteiger partial charge < -0.3 is 10.0 Å². The molecule has 0 saturated heterocycles. The average molecular weight is 308 g/mol. The summed E-state index contributed by atoms with van der Waals surface area (Å²) in [6.45, 7) is 4.49. The van der Waals surface area contributed by atoms with Gasteiger partial charge in [-0.2, -0.15) is 0 Å². The maximum absolute atomic E-state index is 12.1. The molecule has 1 amide bonds. The lowest BCUT2D eigenvalue weighted by Crippen LogP contribution is -2.33. The van der Waals surface area contributed by atoms with E-state index in [-0.39, 0.29) is 5.78 Å². The Bertz CT molecular complexity index is 622. The smallest absolute Gasteiger partial charge is 0.407 e. The third kappa shape index (κ3) is 3.27. The van der Waals surface area contributed by atoms with Gasteiger partial charge in [-0.25, -0.2) is 4.79 Å². The van der Waals surface area contributed by atoms with Crippen molar-refractivity contribution < 1.29 is 14.7 Å². The predicted octanol–water partition coefficient (Wildman–Crippen LogP) is 4.01. The molecule has 0 atom stereocenters. The molecular formula is C16H18ClNO3. The Balaban J connectivity index is 2.42. The molecule has 112 valence electrons. The highest BCUT2D eigenvalue weighted by molar-refractivity contribution is 6.31. The minimum Gasteiger partial charge on any atom is -0.465 e. The first-order valence-corrected chi connectivity index (χ1v) is 7.32. The molecule has 0 aromatic heterocycles. The van der Waals surface area contributed by atoms with E-state index in [0.29, 0.717) is 36.5 Å². The molecule has 1 aliphatic rings. The van der Waals surface area contributed by atoms with Crippen LogP contribution in [-0.2, 0) is 0 Å². The largest absolute Gasteiger partial charge is 0.465 e. The molecule has 21 heavy (non-hydrogen) atoms. The molecule has 0 bridgehead atoms. The third-order valence-corrected chi connectivity index (χ3v) is 4.15. The number of aryl methyl sites for hydroxylation is 1. The second-order valence-corrected chi connectivity index (χ2v) is 5.54. The molecule has 2 rings (SSSR count). The highest BCUT2D eigenvalue weighted by Crippen LogP contribution is 2.30. The molecule has 1 aliphatic heterocycles. The summed E-state index contributed by atoms with van der Waals surface area (Å²) in [5.74, 6) is 0.0753. The van der Waals surface area contributed by atoms with Gasteiger partial charge in [-0.05, 0) is 42.2 Å². The Hall–Kier alpha value is -1.81. The molecule has 1 heterocycles. The van der Waals surface area contributed by atoms with E-state index < -0.39 is 6.09 Å². The van der Waals surface area contributed by atoms with E-state index in [9.17, 15) is 9.59 Å². The molecule has 1 aromatic carbocycles. The first-order chi connectivity index (χ1) is 9.93. The SMILES string of the molecule is CCC(=O)c1cc(C)c(Cl)cc1C1=CCN(C(=O)O)CC1. The van der Waals surface area contributed by atoms with E-state index in [2.05, 4.69) is 0 Å². The van der Waals surface area contributed by atoms with Crippen LogP contribution in [0.25, 0.3) is 5.57 Å². The molecule has 1 aromatic rings. The van der Waals surface area contributed by atoms with Gasteiger partial charge >= 0.3 is 6.09 Å². The van der Waals surface area contributed by atoms with Gasteiger partial charge in [-0.15, -0.1) is 0 Å². The van der Waals surface area contributed by atoms with Gasteiger partial charge in [0.1, 0.15) is 0 Å². The first kappa shape index (κ1) is 15.6. The van der Waals surface area contributed by atoms with Gasteiger partial charge in [0.25, 0.3) is 0 Å². The number of halogens is 1. The summed E-state index contributed by atoms with van der Waals surface area (Å²) in [6, 6.07) is 3.65. The van der Waals surface area contributed by atoms with Crippen molar-refractivity contribution in [3.8, 4) is 0 Å². The zero-order chi connectivity index (χ0) is 15.6. The Labute approximate surface area is 129 Å². The molecule has 0 spiro atoms. The fraction of sp³-hybridized carbons (Fsp3) is 0.375. The molecule has 0 fully saturated rings. The molecule has 0 radical (unpaired) electrons. The van der Waals surface area contributed by atoms with E-state index in [1.54, 1.807) is 0 Å². The van der Waals surface area contributed by atoms with E-state index >= 15 is 0 Å². The van der Waals surface area contributed by atoms with Crippen LogP contribution >= 0.6 is 11.6 Å². The van der Waals surface area contributed by atoms with Crippen molar-refractivity contribution >= 4 is 29.1 Å². The Kier molecular flexibility index (Phi) is 4.68. The summed E-state index contributed by atoms with van der Waals surface area (Å²) in [7, 11) is 0. The van der Waals surface area contributed by atoms with E-state index in [4.69, 9.17) is 16.7 Å². The van der Waals surface area contributed by atoms with Crippen molar-refractivity contribution in [1.82, 2.24) is 4.90 Å². The van der Waals surface area contributed by atoms with Crippen LogP contribution in [0, 0.1) is 6.92 Å². The zero-order valence-corrected chi connectivity index (χ0v) is 12.9. The number of Topliss-reactive ketones (excluding diaryl/α,β-unsaturated/α-hetero) is 1. The maximum atomic E-state index is 12.1. The summed E-state index contributed by atoms with van der Waals surface area (Å²) in [4.78, 5) is 24.4. The topological polar surface area (TPSA) is 57.6 Å². The molecule has 4 nitrogen and oxygen atoms in total. The number of nitrogens with zero attached hydrogens (tertiary/aromatic N) is 1. The van der Waals surface area contributed by atoms with Gasteiger partial charge in [0, 0.05) is 30.1 Å². The first-order valence-electron chi connectivity index (χ1n) is 6.94. The van der Waals surface area contributed by atoms with Crippen LogP contribution in [-0.4, -0.2) is 35.0 Å². The summed E-state index contributed by atoms with van der Waals surface area (Å²) in [6.07, 6.45) is 1.97. The number of carboxylic acid groups (broad SMARTS) is 1. The minimum atomic E-state index is -0.919. The number of ketones is 1. The molecule has 5 heteroatoms. The van der Waals surface area contributed by atoms with Crippen molar-refractivity contribution in [2.45, 2.75) is 26.7 Å². The highest BCUT2D eigenvalue weighted by atomic mass is 35.5. The number of rotatable bonds is 3. The number of carbonyl (C=O) groups is 2. The van der Waals surface area contributed by atoms with Crippen LogP contribution < -0.4 is 0 Å². The fourth-order valence-electron chi connectivity index (χ4n) is 2.46. The fourth-order valence-corrected chi connectivity index (χ4v) is 2.62. The van der Waals surface area contributed by atoms with E-state index in [0.717, 1.165) is 16.7 Å². The third-order valence-electron chi connectivity index (χ3n) is 3.75. The number of hydrogen-bond acceptors (Lipinski definition) is 2. The lowest BCUT2D eigenvalue weighted by molar-refractivity contribution is 0.0987. The van der Waals surface area contributed by atoms with Crippen molar-refractivity contribution in [3.63, 3.8) is 0 Å². The van der Waals surface area contributed by atoms with Crippen LogP contribution in [0.4, 0.5) is 4.79 Å². The number of carbonyl (C=O) groups excluding carboxylic acids is 1. The predicted molar refractivity (Wildman–Crippen MR) is 83.0 cm³/mol. The standard InChI is InChI=1S/C16H18ClNO3/c1-3-15(19)13-8-10(2)14(17)9-12(13)11-4-6-18(7-5-11)16(20)21/h4,8-9H,3,5-7H2,1-2H3,(H,20,21). The summed E-state index contributed by atoms with van der Waals surface area (Å²) >= 11 is 6.19. The van der Waals surface area contributed by atoms with Crippen LogP contribution in [0.3, 0.4) is 0 Å². The summed E-state index contributed by atoms with van der Waals surface area (Å²) in [5, 5.41) is 9.60. The maximum Gasteiger partial charge on any atom is 0.407 e. The zero-order valence-electron chi connectivity index (χ0n) is 12.1. The molecule has 1 N–H and O–H groups in total. The summed E-state index contributed by atoms with van der Waals surface area (Å²) < 4.78 is 0. The van der Waals surface area contributed by atoms with Crippen molar-refractivity contribution in [1.29, 1.82) is 0 Å².